The smallest absolute Gasteiger partial charge is 0.185 e. The molecule has 0 unspecified atom stereocenters. The summed E-state index contributed by atoms with van der Waals surface area (Å²) in [7, 11) is -3.53. The van der Waals surface area contributed by atoms with Gasteiger partial charge in [0.05, 0.1) is 41.9 Å². The number of morpholine rings is 1. The van der Waals surface area contributed by atoms with Gasteiger partial charge in [-0.2, -0.15) is 5.10 Å². The van der Waals surface area contributed by atoms with Crippen LogP contribution in [0.4, 0.5) is 0 Å². The molecule has 3 aliphatic heterocycles. The summed E-state index contributed by atoms with van der Waals surface area (Å²) in [6.07, 6.45) is 0. The van der Waals surface area contributed by atoms with Crippen LogP contribution in [0.25, 0.3) is 28.5 Å². The van der Waals surface area contributed by atoms with Crippen LogP contribution in [0.2, 0.25) is 0 Å². The van der Waals surface area contributed by atoms with Crippen molar-refractivity contribution in [3.05, 3.63) is 65.5 Å². The van der Waals surface area contributed by atoms with Crippen molar-refractivity contribution in [3.63, 3.8) is 0 Å². The fourth-order valence-corrected chi connectivity index (χ4v) is 6.96. The largest absolute Gasteiger partial charge is 0.379 e. The molecule has 0 N–H and O–H groups in total. The summed E-state index contributed by atoms with van der Waals surface area (Å²) < 4.78 is 41.5. The molecule has 1 saturated heterocycles. The highest BCUT2D eigenvalue weighted by Crippen LogP contribution is 2.43. The number of fused-ring (bicyclic) bond motifs is 4. The number of aromatic nitrogens is 5. The van der Waals surface area contributed by atoms with Gasteiger partial charge >= 0.3 is 0 Å². The van der Waals surface area contributed by atoms with E-state index in [9.17, 15) is 8.42 Å². The van der Waals surface area contributed by atoms with Crippen molar-refractivity contribution in [2.45, 2.75) is 30.3 Å². The summed E-state index contributed by atoms with van der Waals surface area (Å²) in [5.41, 5.74) is 4.71. The van der Waals surface area contributed by atoms with Gasteiger partial charge in [-0.05, 0) is 23.8 Å². The van der Waals surface area contributed by atoms with E-state index in [-0.39, 0.29) is 5.75 Å². The highest BCUT2D eigenvalue weighted by atomic mass is 32.2. The Kier molecular flexibility index (Phi) is 5.47. The van der Waals surface area contributed by atoms with Crippen LogP contribution < -0.4 is 0 Å². The Labute approximate surface area is 214 Å². The fraction of sp³-hybridized carbons (Fsp3) is 0.346. The molecule has 2 aromatic heterocycles. The molecule has 190 valence electrons. The molecule has 0 radical (unpaired) electrons. The van der Waals surface area contributed by atoms with Crippen molar-refractivity contribution in [1.82, 2.24) is 29.4 Å². The zero-order valence-corrected chi connectivity index (χ0v) is 21.0. The molecule has 10 nitrogen and oxygen atoms in total. The van der Waals surface area contributed by atoms with Crippen LogP contribution >= 0.6 is 0 Å². The number of sulfone groups is 1. The quantitative estimate of drug-likeness (QED) is 0.406. The van der Waals surface area contributed by atoms with Crippen LogP contribution in [0.3, 0.4) is 0 Å². The molecule has 0 spiro atoms. The van der Waals surface area contributed by atoms with E-state index in [0.29, 0.717) is 47.3 Å². The Hall–Kier alpha value is -3.38. The van der Waals surface area contributed by atoms with E-state index in [4.69, 9.17) is 14.6 Å². The zero-order chi connectivity index (χ0) is 25.0. The molecule has 11 heteroatoms. The van der Waals surface area contributed by atoms with Crippen molar-refractivity contribution >= 4 is 9.84 Å². The minimum Gasteiger partial charge on any atom is -0.379 e. The molecule has 7 rings (SSSR count). The average molecular weight is 519 g/mol. The summed E-state index contributed by atoms with van der Waals surface area (Å²) in [5.74, 6) is 1.16. The second kappa shape index (κ2) is 8.88. The summed E-state index contributed by atoms with van der Waals surface area (Å²) in [6, 6.07) is 15.5. The number of hydrogen-bond acceptors (Lipinski definition) is 8. The monoisotopic (exact) mass is 518 g/mol. The number of hydrogen-bond donors (Lipinski definition) is 0. The van der Waals surface area contributed by atoms with E-state index >= 15 is 0 Å². The molecule has 0 atom stereocenters. The Morgan fingerprint density at radius 2 is 1.68 bits per heavy atom. The third-order valence-corrected chi connectivity index (χ3v) is 8.91. The van der Waals surface area contributed by atoms with Gasteiger partial charge in [0.15, 0.2) is 21.5 Å². The van der Waals surface area contributed by atoms with E-state index in [1.54, 1.807) is 12.1 Å². The van der Waals surface area contributed by atoms with Crippen molar-refractivity contribution in [3.8, 4) is 28.5 Å². The maximum Gasteiger partial charge on any atom is 0.185 e. The fourth-order valence-electron chi connectivity index (χ4n) is 5.36. The zero-order valence-electron chi connectivity index (χ0n) is 20.2. The minimum absolute atomic E-state index is 0.136. The molecule has 37 heavy (non-hydrogen) atoms. The van der Waals surface area contributed by atoms with E-state index in [1.165, 1.54) is 5.56 Å². The molecule has 0 amide bonds. The molecule has 0 aliphatic carbocycles. The van der Waals surface area contributed by atoms with Crippen LogP contribution in [-0.2, 0) is 44.8 Å². The molecular weight excluding hydrogens is 492 g/mol. The molecule has 4 aromatic rings. The van der Waals surface area contributed by atoms with Gasteiger partial charge in [0, 0.05) is 37.3 Å². The van der Waals surface area contributed by atoms with Crippen LogP contribution in [0, 0.1) is 0 Å². The van der Waals surface area contributed by atoms with Gasteiger partial charge in [0.25, 0.3) is 0 Å². The van der Waals surface area contributed by atoms with Crippen molar-refractivity contribution in [2.24, 2.45) is 0 Å². The summed E-state index contributed by atoms with van der Waals surface area (Å²) in [6.45, 7) is 5.77. The van der Waals surface area contributed by atoms with E-state index in [2.05, 4.69) is 27.2 Å². The van der Waals surface area contributed by atoms with Gasteiger partial charge in [-0.25, -0.2) is 13.1 Å². The molecule has 2 aromatic carbocycles. The predicted octanol–water partition coefficient (Wildman–Crippen LogP) is 2.45. The highest BCUT2D eigenvalue weighted by Gasteiger charge is 2.36. The summed E-state index contributed by atoms with van der Waals surface area (Å²) in [5, 5.41) is 13.7. The first kappa shape index (κ1) is 22.8. The first-order valence-corrected chi connectivity index (χ1v) is 14.1. The third kappa shape index (κ3) is 3.89. The first-order valence-electron chi connectivity index (χ1n) is 12.4. The van der Waals surface area contributed by atoms with Gasteiger partial charge in [-0.3, -0.25) is 4.90 Å². The standard InChI is InChI=1S/C26H26N6O4S/c33-37(34)17-21-24(26-28-27-23-16-36-14-11-31(23)26)29-32(25(21)20-3-1-2-4-22(20)37)19-7-5-18(6-8-19)15-30-9-12-35-13-10-30/h1-8H,9-17H2. The van der Waals surface area contributed by atoms with Crippen molar-refractivity contribution in [1.29, 1.82) is 0 Å². The topological polar surface area (TPSA) is 104 Å². The van der Waals surface area contributed by atoms with E-state index in [1.807, 2.05) is 33.5 Å². The Morgan fingerprint density at radius 3 is 2.51 bits per heavy atom. The minimum atomic E-state index is -3.53. The normalized spacial score (nSPS) is 18.7. The molecule has 0 bridgehead atoms. The molecular formula is C26H26N6O4S. The van der Waals surface area contributed by atoms with Crippen molar-refractivity contribution in [2.75, 3.05) is 32.9 Å². The van der Waals surface area contributed by atoms with Gasteiger partial charge < -0.3 is 14.0 Å². The molecule has 5 heterocycles. The maximum atomic E-state index is 13.3. The van der Waals surface area contributed by atoms with Crippen LogP contribution in [0.1, 0.15) is 17.0 Å². The number of ether oxygens (including phenoxy) is 2. The lowest BCUT2D eigenvalue weighted by atomic mass is 10.0. The molecule has 1 fully saturated rings. The number of rotatable bonds is 4. The molecule has 0 saturated carbocycles. The first-order chi connectivity index (χ1) is 18.1. The van der Waals surface area contributed by atoms with Crippen LogP contribution in [-0.4, -0.2) is 70.8 Å². The van der Waals surface area contributed by atoms with Gasteiger partial charge in [0.1, 0.15) is 12.3 Å². The second-order valence-electron chi connectivity index (χ2n) is 9.54. The lowest BCUT2D eigenvalue weighted by molar-refractivity contribution is 0.0342. The Morgan fingerprint density at radius 1 is 0.892 bits per heavy atom. The van der Waals surface area contributed by atoms with E-state index in [0.717, 1.165) is 50.1 Å². The maximum absolute atomic E-state index is 13.3. The Bertz CT molecular complexity index is 1590. The van der Waals surface area contributed by atoms with Gasteiger partial charge in [0.2, 0.25) is 0 Å². The Balaban J connectivity index is 1.36. The molecule has 3 aliphatic rings. The van der Waals surface area contributed by atoms with E-state index < -0.39 is 9.84 Å². The van der Waals surface area contributed by atoms with Gasteiger partial charge in [-0.15, -0.1) is 10.2 Å². The lowest BCUT2D eigenvalue weighted by Gasteiger charge is -2.26. The number of nitrogens with zero attached hydrogens (tertiary/aromatic N) is 6. The second-order valence-corrected chi connectivity index (χ2v) is 11.5. The SMILES string of the molecule is O=S1(=O)Cc2c(-c3nnc4n3CCOC4)nn(-c3ccc(CN4CCOCC4)cc3)c2-c2ccccc21. The number of benzene rings is 2. The summed E-state index contributed by atoms with van der Waals surface area (Å²) >= 11 is 0. The lowest BCUT2D eigenvalue weighted by Crippen LogP contribution is -2.35. The van der Waals surface area contributed by atoms with Crippen LogP contribution in [0.5, 0.6) is 0 Å². The highest BCUT2D eigenvalue weighted by molar-refractivity contribution is 7.90. The summed E-state index contributed by atoms with van der Waals surface area (Å²) in [4.78, 5) is 2.71. The van der Waals surface area contributed by atoms with Gasteiger partial charge in [-0.1, -0.05) is 30.3 Å². The van der Waals surface area contributed by atoms with Crippen molar-refractivity contribution < 1.29 is 17.9 Å². The van der Waals surface area contributed by atoms with Crippen LogP contribution in [0.15, 0.2) is 53.4 Å². The predicted molar refractivity (Wildman–Crippen MR) is 135 cm³/mol. The third-order valence-electron chi connectivity index (χ3n) is 7.22. The average Bonchev–Trinajstić information content (AvgIpc) is 3.51.